The van der Waals surface area contributed by atoms with Crippen molar-refractivity contribution in [2.24, 2.45) is 0 Å². The fourth-order valence-electron chi connectivity index (χ4n) is 5.03. The van der Waals surface area contributed by atoms with Gasteiger partial charge in [0.15, 0.2) is 6.04 Å². The number of nitrogens with one attached hydrogen (secondary N) is 1. The summed E-state index contributed by atoms with van der Waals surface area (Å²) in [5.41, 5.74) is 1.56. The molecule has 1 atom stereocenters. The summed E-state index contributed by atoms with van der Waals surface area (Å²) in [6, 6.07) is 17.1. The van der Waals surface area contributed by atoms with Gasteiger partial charge in [0.1, 0.15) is 23.8 Å². The molecule has 4 aromatic rings. The van der Waals surface area contributed by atoms with Crippen LogP contribution in [-0.4, -0.2) is 57.2 Å². The Morgan fingerprint density at radius 2 is 1.68 bits per heavy atom. The van der Waals surface area contributed by atoms with E-state index in [1.807, 2.05) is 36.4 Å². The quantitative estimate of drug-likeness (QED) is 0.291. The highest BCUT2D eigenvalue weighted by atomic mass is 16.5. The zero-order valence-electron chi connectivity index (χ0n) is 23.2. The Bertz CT molecular complexity index is 1410. The number of amides is 2. The smallest absolute Gasteiger partial charge is 0.250 e. The maximum atomic E-state index is 13.9. The predicted molar refractivity (Wildman–Crippen MR) is 150 cm³/mol. The van der Waals surface area contributed by atoms with E-state index in [4.69, 9.17) is 13.9 Å². The van der Waals surface area contributed by atoms with Crippen LogP contribution in [0.25, 0.3) is 11.4 Å². The maximum absolute atomic E-state index is 13.9. The molecule has 1 aliphatic carbocycles. The third kappa shape index (κ3) is 6.92. The van der Waals surface area contributed by atoms with Gasteiger partial charge in [-0.05, 0) is 72.1 Å². The van der Waals surface area contributed by atoms with Crippen molar-refractivity contribution in [3.8, 4) is 22.9 Å². The van der Waals surface area contributed by atoms with Gasteiger partial charge in [-0.25, -0.2) is 0 Å². The van der Waals surface area contributed by atoms with Crippen molar-refractivity contribution in [1.29, 1.82) is 0 Å². The van der Waals surface area contributed by atoms with Crippen LogP contribution in [0, 0.1) is 0 Å². The lowest BCUT2D eigenvalue weighted by molar-refractivity contribution is -0.143. The summed E-state index contributed by atoms with van der Waals surface area (Å²) in [4.78, 5) is 30.5. The number of rotatable bonds is 11. The minimum Gasteiger partial charge on any atom is -0.497 e. The highest BCUT2D eigenvalue weighted by Crippen LogP contribution is 2.27. The summed E-state index contributed by atoms with van der Waals surface area (Å²) in [7, 11) is 3.19. The summed E-state index contributed by atoms with van der Waals surface area (Å²) in [6.07, 6.45) is 6.64. The Balaban J connectivity index is 1.42. The van der Waals surface area contributed by atoms with Gasteiger partial charge >= 0.3 is 0 Å². The molecule has 0 aliphatic heterocycles. The first-order chi connectivity index (χ1) is 20.0. The van der Waals surface area contributed by atoms with Crippen LogP contribution >= 0.6 is 0 Å². The first-order valence-electron chi connectivity index (χ1n) is 13.7. The maximum Gasteiger partial charge on any atom is 0.250 e. The highest BCUT2D eigenvalue weighted by Gasteiger charge is 2.35. The molecule has 1 N–H and O–H groups in total. The van der Waals surface area contributed by atoms with Crippen molar-refractivity contribution < 1.29 is 23.5 Å². The Kier molecular flexibility index (Phi) is 8.92. The summed E-state index contributed by atoms with van der Waals surface area (Å²) < 4.78 is 16.2. The second-order valence-electron chi connectivity index (χ2n) is 10.0. The number of carbonyl (C=O) groups is 2. The number of carbonyl (C=O) groups excluding carboxylic acids is 2. The molecule has 0 spiro atoms. The number of nitrogens with zero attached hydrogens (tertiary/aromatic N) is 5. The third-order valence-electron chi connectivity index (χ3n) is 7.23. The van der Waals surface area contributed by atoms with E-state index in [0.29, 0.717) is 23.1 Å². The average molecular weight is 559 g/mol. The topological polar surface area (TPSA) is 125 Å². The monoisotopic (exact) mass is 558 g/mol. The normalized spacial score (nSPS) is 14.3. The number of furan rings is 1. The van der Waals surface area contributed by atoms with E-state index in [1.54, 1.807) is 38.5 Å². The molecule has 5 rings (SSSR count). The Morgan fingerprint density at radius 3 is 2.32 bits per heavy atom. The number of ether oxygens (including phenoxy) is 2. The van der Waals surface area contributed by atoms with Crippen molar-refractivity contribution in [3.63, 3.8) is 0 Å². The van der Waals surface area contributed by atoms with E-state index >= 15 is 0 Å². The summed E-state index contributed by atoms with van der Waals surface area (Å²) in [6.45, 7) is -0.0560. The predicted octanol–water partition coefficient (Wildman–Crippen LogP) is 4.17. The lowest BCUT2D eigenvalue weighted by atomic mass is 9.95. The third-order valence-corrected chi connectivity index (χ3v) is 7.23. The van der Waals surface area contributed by atoms with Crippen LogP contribution < -0.4 is 14.8 Å². The summed E-state index contributed by atoms with van der Waals surface area (Å²) >= 11 is 0. The molecule has 0 saturated heterocycles. The van der Waals surface area contributed by atoms with E-state index in [9.17, 15) is 9.59 Å². The molecule has 11 nitrogen and oxygen atoms in total. The van der Waals surface area contributed by atoms with E-state index < -0.39 is 6.04 Å². The second-order valence-corrected chi connectivity index (χ2v) is 10.0. The number of hydrogen-bond donors (Lipinski definition) is 1. The largest absolute Gasteiger partial charge is 0.497 e. The zero-order chi connectivity index (χ0) is 28.6. The van der Waals surface area contributed by atoms with Crippen LogP contribution in [0.1, 0.15) is 49.5 Å². The van der Waals surface area contributed by atoms with Crippen LogP contribution in [0.3, 0.4) is 0 Å². The van der Waals surface area contributed by atoms with Gasteiger partial charge in [0.05, 0.1) is 20.5 Å². The van der Waals surface area contributed by atoms with Gasteiger partial charge in [0.2, 0.25) is 11.7 Å². The SMILES string of the molecule is COc1ccc(CN(C(=O)Cn2nnc(-c3ccc(OC)cc3)n2)C(C(=O)NC2CCCCC2)c2ccco2)cc1. The van der Waals surface area contributed by atoms with Crippen LogP contribution in [0.15, 0.2) is 71.3 Å². The molecule has 11 heteroatoms. The van der Waals surface area contributed by atoms with E-state index in [2.05, 4.69) is 20.7 Å². The average Bonchev–Trinajstić information content (AvgIpc) is 3.71. The van der Waals surface area contributed by atoms with E-state index in [0.717, 1.165) is 36.8 Å². The fourth-order valence-corrected chi connectivity index (χ4v) is 5.03. The van der Waals surface area contributed by atoms with E-state index in [-0.39, 0.29) is 30.9 Å². The first kappa shape index (κ1) is 27.9. The van der Waals surface area contributed by atoms with Crippen molar-refractivity contribution >= 4 is 11.8 Å². The number of methoxy groups -OCH3 is 2. The molecular weight excluding hydrogens is 524 g/mol. The van der Waals surface area contributed by atoms with Crippen LogP contribution in [0.5, 0.6) is 11.5 Å². The second kappa shape index (κ2) is 13.1. The lowest BCUT2D eigenvalue weighted by Crippen LogP contribution is -2.47. The fraction of sp³-hybridized carbons (Fsp3) is 0.367. The van der Waals surface area contributed by atoms with Gasteiger partial charge in [-0.3, -0.25) is 9.59 Å². The van der Waals surface area contributed by atoms with Gasteiger partial charge in [0, 0.05) is 18.2 Å². The number of hydrogen-bond acceptors (Lipinski definition) is 8. The molecule has 0 radical (unpaired) electrons. The Morgan fingerprint density at radius 1 is 1.00 bits per heavy atom. The molecule has 1 unspecified atom stereocenters. The van der Waals surface area contributed by atoms with E-state index in [1.165, 1.54) is 22.4 Å². The Labute approximate surface area is 238 Å². The molecule has 2 aromatic carbocycles. The molecule has 2 aromatic heterocycles. The highest BCUT2D eigenvalue weighted by molar-refractivity contribution is 5.88. The van der Waals surface area contributed by atoms with Crippen LogP contribution in [0.4, 0.5) is 0 Å². The van der Waals surface area contributed by atoms with Gasteiger partial charge in [0.25, 0.3) is 5.91 Å². The van der Waals surface area contributed by atoms with Crippen molar-refractivity contribution in [3.05, 3.63) is 78.3 Å². The molecule has 1 fully saturated rings. The van der Waals surface area contributed by atoms with Crippen molar-refractivity contribution in [2.75, 3.05) is 14.2 Å². The van der Waals surface area contributed by atoms with Crippen LogP contribution in [0.2, 0.25) is 0 Å². The lowest BCUT2D eigenvalue weighted by Gasteiger charge is -2.32. The molecular formula is C30H34N6O5. The van der Waals surface area contributed by atoms with Gasteiger partial charge in [-0.15, -0.1) is 10.2 Å². The standard InChI is InChI=1S/C30H34N6O5/c1-39-24-14-10-21(11-15-24)19-35(28(26-9-6-18-41-26)30(38)31-23-7-4-3-5-8-23)27(37)20-36-33-29(32-34-36)22-12-16-25(40-2)17-13-22/h6,9-18,23,28H,3-5,7-8,19-20H2,1-2H3,(H,31,38). The Hall–Kier alpha value is -4.67. The molecule has 214 valence electrons. The number of benzene rings is 2. The van der Waals surface area contributed by atoms with Crippen molar-refractivity contribution in [2.45, 2.75) is 57.3 Å². The molecule has 1 aliphatic rings. The van der Waals surface area contributed by atoms with Gasteiger partial charge < -0.3 is 24.1 Å². The number of tetrazole rings is 1. The molecule has 2 heterocycles. The zero-order valence-corrected chi connectivity index (χ0v) is 23.2. The molecule has 0 bridgehead atoms. The molecule has 1 saturated carbocycles. The molecule has 2 amide bonds. The summed E-state index contributed by atoms with van der Waals surface area (Å²) in [5.74, 6) is 1.52. The van der Waals surface area contributed by atoms with Gasteiger partial charge in [-0.2, -0.15) is 4.80 Å². The van der Waals surface area contributed by atoms with Crippen LogP contribution in [-0.2, 0) is 22.7 Å². The van der Waals surface area contributed by atoms with Gasteiger partial charge in [-0.1, -0.05) is 31.4 Å². The minimum atomic E-state index is -0.980. The summed E-state index contributed by atoms with van der Waals surface area (Å²) in [5, 5.41) is 15.8. The minimum absolute atomic E-state index is 0.0655. The van der Waals surface area contributed by atoms with Crippen molar-refractivity contribution in [1.82, 2.24) is 30.4 Å². The molecule has 41 heavy (non-hydrogen) atoms. The number of aromatic nitrogens is 4. The first-order valence-corrected chi connectivity index (χ1v) is 13.7.